The van der Waals surface area contributed by atoms with Crippen LogP contribution in [0.1, 0.15) is 52.0 Å². The maximum atomic E-state index is 10.2. The second-order valence-corrected chi connectivity index (χ2v) is 7.21. The summed E-state index contributed by atoms with van der Waals surface area (Å²) in [7, 11) is 1.59. The standard InChI is InChI=1S/C18H29NO2/c1-18(2,3)14-9-5-6-10-15(14)19-12-13-8-7-11-16(21-4)17(13)20/h7-8,11,14-15,19-20H,5-6,9-10,12H2,1-4H3. The van der Waals surface area contributed by atoms with Crippen molar-refractivity contribution in [2.45, 2.75) is 59.0 Å². The fourth-order valence-electron chi connectivity index (χ4n) is 3.53. The number of rotatable bonds is 4. The maximum Gasteiger partial charge on any atom is 0.162 e. The SMILES string of the molecule is COc1cccc(CNC2CCCCC2C(C)(C)C)c1O. The van der Waals surface area contributed by atoms with Crippen molar-refractivity contribution in [2.75, 3.05) is 7.11 Å². The first kappa shape index (κ1) is 16.2. The zero-order valence-corrected chi connectivity index (χ0v) is 13.8. The van der Waals surface area contributed by atoms with Gasteiger partial charge < -0.3 is 15.2 Å². The van der Waals surface area contributed by atoms with Crippen LogP contribution in [0.3, 0.4) is 0 Å². The number of phenolic OH excluding ortho intramolecular Hbond substituents is 1. The number of nitrogens with one attached hydrogen (secondary N) is 1. The maximum absolute atomic E-state index is 10.2. The van der Waals surface area contributed by atoms with Crippen LogP contribution >= 0.6 is 0 Å². The van der Waals surface area contributed by atoms with Crippen LogP contribution in [0.2, 0.25) is 0 Å². The summed E-state index contributed by atoms with van der Waals surface area (Å²) < 4.78 is 5.18. The molecule has 1 aliphatic carbocycles. The van der Waals surface area contributed by atoms with Gasteiger partial charge in [0.05, 0.1) is 7.11 Å². The van der Waals surface area contributed by atoms with Gasteiger partial charge in [-0.1, -0.05) is 45.7 Å². The number of methoxy groups -OCH3 is 1. The monoisotopic (exact) mass is 291 g/mol. The molecule has 0 bridgehead atoms. The molecule has 2 atom stereocenters. The van der Waals surface area contributed by atoms with Gasteiger partial charge in [0, 0.05) is 18.2 Å². The molecule has 0 aliphatic heterocycles. The van der Waals surface area contributed by atoms with Crippen molar-refractivity contribution in [3.8, 4) is 11.5 Å². The van der Waals surface area contributed by atoms with E-state index >= 15 is 0 Å². The van der Waals surface area contributed by atoms with Crippen LogP contribution in [0, 0.1) is 11.3 Å². The fourth-order valence-corrected chi connectivity index (χ4v) is 3.53. The van der Waals surface area contributed by atoms with Gasteiger partial charge in [0.15, 0.2) is 11.5 Å². The summed E-state index contributed by atoms with van der Waals surface area (Å²) in [6.45, 7) is 7.70. The number of aromatic hydroxyl groups is 1. The minimum absolute atomic E-state index is 0.260. The Labute approximate surface area is 128 Å². The molecule has 1 aliphatic rings. The Hall–Kier alpha value is -1.22. The zero-order chi connectivity index (χ0) is 15.5. The van der Waals surface area contributed by atoms with Crippen molar-refractivity contribution in [2.24, 2.45) is 11.3 Å². The smallest absolute Gasteiger partial charge is 0.162 e. The van der Waals surface area contributed by atoms with Crippen molar-refractivity contribution in [1.29, 1.82) is 0 Å². The van der Waals surface area contributed by atoms with Gasteiger partial charge in [0.2, 0.25) is 0 Å². The van der Waals surface area contributed by atoms with E-state index in [2.05, 4.69) is 26.1 Å². The summed E-state index contributed by atoms with van der Waals surface area (Å²) in [5.74, 6) is 1.50. The molecule has 2 rings (SSSR count). The summed E-state index contributed by atoms with van der Waals surface area (Å²) in [5, 5.41) is 13.9. The normalized spacial score (nSPS) is 23.0. The largest absolute Gasteiger partial charge is 0.504 e. The van der Waals surface area contributed by atoms with E-state index in [1.54, 1.807) is 13.2 Å². The van der Waals surface area contributed by atoms with Crippen LogP contribution in [0.15, 0.2) is 18.2 Å². The van der Waals surface area contributed by atoms with Gasteiger partial charge in [0.1, 0.15) is 0 Å². The topological polar surface area (TPSA) is 41.5 Å². The molecule has 1 saturated carbocycles. The lowest BCUT2D eigenvalue weighted by molar-refractivity contribution is 0.130. The second-order valence-electron chi connectivity index (χ2n) is 7.21. The highest BCUT2D eigenvalue weighted by molar-refractivity contribution is 5.45. The van der Waals surface area contributed by atoms with E-state index in [1.165, 1.54) is 25.7 Å². The van der Waals surface area contributed by atoms with Gasteiger partial charge >= 0.3 is 0 Å². The van der Waals surface area contributed by atoms with Crippen LogP contribution in [-0.2, 0) is 6.54 Å². The number of ether oxygens (including phenoxy) is 1. The minimum atomic E-state index is 0.260. The highest BCUT2D eigenvalue weighted by atomic mass is 16.5. The van der Waals surface area contributed by atoms with Crippen LogP contribution in [0.25, 0.3) is 0 Å². The van der Waals surface area contributed by atoms with Crippen LogP contribution in [0.5, 0.6) is 11.5 Å². The van der Waals surface area contributed by atoms with E-state index in [0.717, 1.165) is 5.56 Å². The number of para-hydroxylation sites is 1. The second kappa shape index (κ2) is 6.69. The zero-order valence-electron chi connectivity index (χ0n) is 13.8. The van der Waals surface area contributed by atoms with E-state index < -0.39 is 0 Å². The number of benzene rings is 1. The molecule has 2 unspecified atom stereocenters. The molecule has 2 N–H and O–H groups in total. The Morgan fingerprint density at radius 2 is 1.95 bits per heavy atom. The molecule has 3 heteroatoms. The van der Waals surface area contributed by atoms with E-state index in [4.69, 9.17) is 4.74 Å². The Morgan fingerprint density at radius 3 is 2.62 bits per heavy atom. The lowest BCUT2D eigenvalue weighted by atomic mass is 9.69. The molecule has 0 heterocycles. The summed E-state index contributed by atoms with van der Waals surface area (Å²) >= 11 is 0. The molecular weight excluding hydrogens is 262 g/mol. The van der Waals surface area contributed by atoms with Crippen molar-refractivity contribution >= 4 is 0 Å². The van der Waals surface area contributed by atoms with Gasteiger partial charge in [-0.15, -0.1) is 0 Å². The Bertz CT molecular complexity index is 465. The Morgan fingerprint density at radius 1 is 1.24 bits per heavy atom. The molecule has 1 aromatic rings. The van der Waals surface area contributed by atoms with Crippen molar-refractivity contribution in [3.05, 3.63) is 23.8 Å². The predicted molar refractivity (Wildman–Crippen MR) is 86.7 cm³/mol. The number of hydrogen-bond donors (Lipinski definition) is 2. The first-order valence-corrected chi connectivity index (χ1v) is 8.01. The molecule has 1 aromatic carbocycles. The number of hydrogen-bond acceptors (Lipinski definition) is 3. The Kier molecular flexibility index (Phi) is 5.15. The third-order valence-electron chi connectivity index (χ3n) is 4.74. The molecule has 0 radical (unpaired) electrons. The molecule has 0 aromatic heterocycles. The van der Waals surface area contributed by atoms with Gasteiger partial charge in [-0.3, -0.25) is 0 Å². The summed E-state index contributed by atoms with van der Waals surface area (Å²) in [4.78, 5) is 0. The Balaban J connectivity index is 2.04. The summed E-state index contributed by atoms with van der Waals surface area (Å²) in [6, 6.07) is 6.21. The van der Waals surface area contributed by atoms with Gasteiger partial charge in [-0.2, -0.15) is 0 Å². The van der Waals surface area contributed by atoms with Gasteiger partial charge in [-0.25, -0.2) is 0 Å². The van der Waals surface area contributed by atoms with Crippen molar-refractivity contribution < 1.29 is 9.84 Å². The highest BCUT2D eigenvalue weighted by Crippen LogP contribution is 2.38. The third kappa shape index (κ3) is 3.91. The molecular formula is C18H29NO2. The molecule has 0 saturated heterocycles. The predicted octanol–water partition coefficient (Wildman–Crippen LogP) is 4.10. The number of phenols is 1. The first-order valence-electron chi connectivity index (χ1n) is 8.01. The molecule has 21 heavy (non-hydrogen) atoms. The molecule has 1 fully saturated rings. The van der Waals surface area contributed by atoms with Crippen LogP contribution in [0.4, 0.5) is 0 Å². The lowest BCUT2D eigenvalue weighted by Gasteiger charge is -2.41. The quantitative estimate of drug-likeness (QED) is 0.877. The average molecular weight is 291 g/mol. The van der Waals surface area contributed by atoms with E-state index in [-0.39, 0.29) is 5.75 Å². The minimum Gasteiger partial charge on any atom is -0.504 e. The first-order chi connectivity index (χ1) is 9.93. The fraction of sp³-hybridized carbons (Fsp3) is 0.667. The summed E-state index contributed by atoms with van der Waals surface area (Å²) in [6.07, 6.45) is 5.16. The molecule has 118 valence electrons. The molecule has 0 spiro atoms. The van der Waals surface area contributed by atoms with E-state index in [0.29, 0.717) is 29.7 Å². The van der Waals surface area contributed by atoms with Gasteiger partial charge in [0.25, 0.3) is 0 Å². The third-order valence-corrected chi connectivity index (χ3v) is 4.74. The van der Waals surface area contributed by atoms with Gasteiger partial charge in [-0.05, 0) is 30.2 Å². The van der Waals surface area contributed by atoms with Crippen molar-refractivity contribution in [1.82, 2.24) is 5.32 Å². The molecule has 3 nitrogen and oxygen atoms in total. The highest BCUT2D eigenvalue weighted by Gasteiger charge is 2.33. The van der Waals surface area contributed by atoms with Crippen LogP contribution in [-0.4, -0.2) is 18.3 Å². The van der Waals surface area contributed by atoms with E-state index in [1.807, 2.05) is 12.1 Å². The van der Waals surface area contributed by atoms with Crippen LogP contribution < -0.4 is 10.1 Å². The van der Waals surface area contributed by atoms with Crippen molar-refractivity contribution in [3.63, 3.8) is 0 Å². The lowest BCUT2D eigenvalue weighted by Crippen LogP contribution is -2.43. The summed E-state index contributed by atoms with van der Waals surface area (Å²) in [5.41, 5.74) is 1.24. The van der Waals surface area contributed by atoms with E-state index in [9.17, 15) is 5.11 Å². The molecule has 0 amide bonds. The average Bonchev–Trinajstić information content (AvgIpc) is 2.45.